The van der Waals surface area contributed by atoms with Gasteiger partial charge in [0.2, 0.25) is 5.91 Å². The zero-order valence-electron chi connectivity index (χ0n) is 18.7. The number of carbonyl (C=O) groups excluding carboxylic acids is 2. The predicted octanol–water partition coefficient (Wildman–Crippen LogP) is 5.05. The minimum atomic E-state index is 0.00537. The molecule has 0 radical (unpaired) electrons. The van der Waals surface area contributed by atoms with Gasteiger partial charge in [-0.3, -0.25) is 9.59 Å². The summed E-state index contributed by atoms with van der Waals surface area (Å²) in [4.78, 5) is 26.8. The molecular formula is C26H36N2O2. The first-order valence-electron chi connectivity index (χ1n) is 11.5. The summed E-state index contributed by atoms with van der Waals surface area (Å²) in [5, 5.41) is 3.05. The average Bonchev–Trinajstić information content (AvgIpc) is 2.75. The summed E-state index contributed by atoms with van der Waals surface area (Å²) in [7, 11) is 0. The highest BCUT2D eigenvalue weighted by molar-refractivity contribution is 5.96. The van der Waals surface area contributed by atoms with Crippen LogP contribution in [-0.4, -0.2) is 36.2 Å². The molecule has 1 fully saturated rings. The zero-order chi connectivity index (χ0) is 21.5. The molecule has 1 aliphatic heterocycles. The van der Waals surface area contributed by atoms with Gasteiger partial charge in [0, 0.05) is 23.6 Å². The maximum Gasteiger partial charge on any atom is 0.226 e. The summed E-state index contributed by atoms with van der Waals surface area (Å²) >= 11 is 0. The predicted molar refractivity (Wildman–Crippen MR) is 122 cm³/mol. The number of piperidine rings is 1. The van der Waals surface area contributed by atoms with Crippen LogP contribution in [0.4, 0.5) is 0 Å². The van der Waals surface area contributed by atoms with Gasteiger partial charge in [-0.15, -0.1) is 0 Å². The van der Waals surface area contributed by atoms with E-state index in [1.54, 1.807) is 0 Å². The second-order valence-corrected chi connectivity index (χ2v) is 9.07. The van der Waals surface area contributed by atoms with Crippen LogP contribution in [0.15, 0.2) is 47.7 Å². The van der Waals surface area contributed by atoms with Crippen LogP contribution in [0, 0.1) is 18.8 Å². The number of carbonyl (C=O) groups is 2. The molecule has 0 unspecified atom stereocenters. The second kappa shape index (κ2) is 10.7. The molecule has 4 nitrogen and oxygen atoms in total. The van der Waals surface area contributed by atoms with E-state index >= 15 is 0 Å². The van der Waals surface area contributed by atoms with Crippen LogP contribution in [0.2, 0.25) is 0 Å². The molecule has 1 aromatic carbocycles. The lowest BCUT2D eigenvalue weighted by Gasteiger charge is -2.34. The number of nitrogens with one attached hydrogen (secondary N) is 1. The first kappa shape index (κ1) is 22.5. The maximum atomic E-state index is 12.3. The summed E-state index contributed by atoms with van der Waals surface area (Å²) < 4.78 is 0. The number of aryl methyl sites for hydroxylation is 1. The van der Waals surface area contributed by atoms with Gasteiger partial charge in [-0.25, -0.2) is 0 Å². The van der Waals surface area contributed by atoms with Crippen molar-refractivity contribution in [2.45, 2.75) is 59.3 Å². The number of rotatable bonds is 8. The molecule has 1 heterocycles. The fraction of sp³-hybridized carbons (Fsp3) is 0.538. The van der Waals surface area contributed by atoms with Gasteiger partial charge in [-0.05, 0) is 70.7 Å². The summed E-state index contributed by atoms with van der Waals surface area (Å²) in [5.41, 5.74) is 4.49. The lowest BCUT2D eigenvalue weighted by Crippen LogP contribution is -2.35. The van der Waals surface area contributed by atoms with Crippen molar-refractivity contribution < 1.29 is 9.59 Å². The zero-order valence-corrected chi connectivity index (χ0v) is 18.7. The summed E-state index contributed by atoms with van der Waals surface area (Å²) in [6, 6.07) is 7.89. The van der Waals surface area contributed by atoms with E-state index in [4.69, 9.17) is 0 Å². The number of hydrogen-bond acceptors (Lipinski definition) is 3. The van der Waals surface area contributed by atoms with Crippen molar-refractivity contribution in [2.75, 3.05) is 19.6 Å². The van der Waals surface area contributed by atoms with Gasteiger partial charge in [0.1, 0.15) is 0 Å². The van der Waals surface area contributed by atoms with Gasteiger partial charge in [-0.2, -0.15) is 0 Å². The summed E-state index contributed by atoms with van der Waals surface area (Å²) in [5.74, 6) is 0.967. The third-order valence-electron chi connectivity index (χ3n) is 6.29. The molecule has 1 saturated heterocycles. The monoisotopic (exact) mass is 408 g/mol. The van der Waals surface area contributed by atoms with Crippen LogP contribution >= 0.6 is 0 Å². The molecule has 1 aromatic rings. The van der Waals surface area contributed by atoms with E-state index in [0.717, 1.165) is 50.2 Å². The number of nitrogens with zero attached hydrogens (tertiary/aromatic N) is 1. The Bertz CT molecular complexity index is 797. The van der Waals surface area contributed by atoms with E-state index < -0.39 is 0 Å². The van der Waals surface area contributed by atoms with Crippen LogP contribution in [0.1, 0.15) is 68.3 Å². The molecule has 0 saturated carbocycles. The Kier molecular flexibility index (Phi) is 8.03. The second-order valence-electron chi connectivity index (χ2n) is 9.07. The third-order valence-corrected chi connectivity index (χ3v) is 6.29. The average molecular weight is 409 g/mol. The van der Waals surface area contributed by atoms with E-state index in [-0.39, 0.29) is 17.6 Å². The van der Waals surface area contributed by atoms with Crippen LogP contribution in [-0.2, 0) is 4.79 Å². The lowest BCUT2D eigenvalue weighted by molar-refractivity contribution is -0.123. The van der Waals surface area contributed by atoms with Crippen molar-refractivity contribution >= 4 is 11.7 Å². The normalized spacial score (nSPS) is 18.1. The van der Waals surface area contributed by atoms with E-state index in [0.29, 0.717) is 12.3 Å². The van der Waals surface area contributed by atoms with E-state index in [1.165, 1.54) is 24.0 Å². The number of benzene rings is 1. The van der Waals surface area contributed by atoms with Crippen molar-refractivity contribution in [3.8, 4) is 0 Å². The van der Waals surface area contributed by atoms with E-state index in [2.05, 4.69) is 22.4 Å². The number of hydrogen-bond donors (Lipinski definition) is 1. The molecule has 0 bridgehead atoms. The van der Waals surface area contributed by atoms with Crippen LogP contribution in [0.25, 0.3) is 0 Å². The Morgan fingerprint density at radius 1 is 1.13 bits per heavy atom. The lowest BCUT2D eigenvalue weighted by atomic mass is 9.84. The number of amides is 1. The highest BCUT2D eigenvalue weighted by Crippen LogP contribution is 2.31. The minimum absolute atomic E-state index is 0.00537. The van der Waals surface area contributed by atoms with Crippen molar-refractivity contribution in [2.24, 2.45) is 11.8 Å². The van der Waals surface area contributed by atoms with Crippen molar-refractivity contribution in [1.29, 1.82) is 0 Å². The summed E-state index contributed by atoms with van der Waals surface area (Å²) in [6.07, 6.45) is 10.4. The fourth-order valence-electron chi connectivity index (χ4n) is 4.30. The molecule has 1 amide bonds. The first-order valence-corrected chi connectivity index (χ1v) is 11.5. The summed E-state index contributed by atoms with van der Waals surface area (Å²) in [6.45, 7) is 9.08. The van der Waals surface area contributed by atoms with Gasteiger partial charge >= 0.3 is 0 Å². The molecule has 1 N–H and O–H groups in total. The molecule has 3 rings (SSSR count). The Labute approximate surface area is 181 Å². The standard InChI is InChI=1S/C26H36N2O2/c1-19(2)26(30)27-24-7-4-6-23(18-24)21-13-16-28(17-14-21)15-5-8-25(29)22-11-9-20(3)10-12-22/h7,9-12,18-19,21H,4-6,8,13-17H2,1-3H3,(H,27,30). The highest BCUT2D eigenvalue weighted by Gasteiger charge is 2.23. The van der Waals surface area contributed by atoms with Crippen LogP contribution in [0.5, 0.6) is 0 Å². The van der Waals surface area contributed by atoms with Crippen molar-refractivity contribution in [3.05, 3.63) is 58.8 Å². The van der Waals surface area contributed by atoms with Crippen molar-refractivity contribution in [1.82, 2.24) is 10.2 Å². The van der Waals surface area contributed by atoms with Gasteiger partial charge in [-0.1, -0.05) is 55.3 Å². The SMILES string of the molecule is Cc1ccc(C(=O)CCCN2CCC(C3=CC(NC(=O)C(C)C)=CCC3)CC2)cc1. The molecule has 162 valence electrons. The molecule has 2 aliphatic rings. The highest BCUT2D eigenvalue weighted by atomic mass is 16.1. The Balaban J connectivity index is 1.41. The van der Waals surface area contributed by atoms with Gasteiger partial charge in [0.05, 0.1) is 0 Å². The Morgan fingerprint density at radius 3 is 2.50 bits per heavy atom. The molecule has 0 spiro atoms. The molecule has 30 heavy (non-hydrogen) atoms. The Morgan fingerprint density at radius 2 is 1.83 bits per heavy atom. The van der Waals surface area contributed by atoms with Crippen LogP contribution < -0.4 is 5.32 Å². The Hall–Kier alpha value is -2.20. The fourth-order valence-corrected chi connectivity index (χ4v) is 4.30. The topological polar surface area (TPSA) is 49.4 Å². The van der Waals surface area contributed by atoms with Crippen LogP contribution in [0.3, 0.4) is 0 Å². The maximum absolute atomic E-state index is 12.3. The number of allylic oxidation sites excluding steroid dienone is 3. The number of likely N-dealkylation sites (tertiary alicyclic amines) is 1. The van der Waals surface area contributed by atoms with Gasteiger partial charge in [0.15, 0.2) is 5.78 Å². The van der Waals surface area contributed by atoms with Crippen molar-refractivity contribution in [3.63, 3.8) is 0 Å². The molecule has 1 aliphatic carbocycles. The van der Waals surface area contributed by atoms with Gasteiger partial charge < -0.3 is 10.2 Å². The number of Topliss-reactive ketones (excluding diaryl/α,β-unsaturated/α-hetero) is 1. The minimum Gasteiger partial charge on any atom is -0.326 e. The number of ketones is 1. The molecule has 4 heteroatoms. The van der Waals surface area contributed by atoms with Gasteiger partial charge in [0.25, 0.3) is 0 Å². The first-order chi connectivity index (χ1) is 14.4. The molecular weight excluding hydrogens is 372 g/mol. The van der Waals surface area contributed by atoms with E-state index in [9.17, 15) is 9.59 Å². The third kappa shape index (κ3) is 6.40. The largest absolute Gasteiger partial charge is 0.326 e. The molecule has 0 aromatic heterocycles. The van der Waals surface area contributed by atoms with E-state index in [1.807, 2.05) is 45.0 Å². The smallest absolute Gasteiger partial charge is 0.226 e. The molecule has 0 atom stereocenters. The quantitative estimate of drug-likeness (QED) is 0.613.